The summed E-state index contributed by atoms with van der Waals surface area (Å²) < 4.78 is 4.85. The minimum absolute atomic E-state index is 0.0456. The van der Waals surface area contributed by atoms with Gasteiger partial charge in [0.15, 0.2) is 0 Å². The fourth-order valence-corrected chi connectivity index (χ4v) is 3.08. The molecule has 0 N–H and O–H groups in total. The molecular formula is C12H18N2O3. The molecule has 5 heteroatoms. The monoisotopic (exact) mass is 238 g/mol. The summed E-state index contributed by atoms with van der Waals surface area (Å²) in [7, 11) is 1.43. The number of carbonyl (C=O) groups excluding carboxylic acids is 2. The second-order valence-electron chi connectivity index (χ2n) is 5.20. The Balaban J connectivity index is 1.79. The largest absolute Gasteiger partial charge is 0.469 e. The molecule has 17 heavy (non-hydrogen) atoms. The summed E-state index contributed by atoms with van der Waals surface area (Å²) >= 11 is 0. The number of methoxy groups -OCH3 is 1. The van der Waals surface area contributed by atoms with E-state index < -0.39 is 0 Å². The molecule has 3 rings (SSSR count). The smallest absolute Gasteiger partial charge is 0.320 e. The van der Waals surface area contributed by atoms with E-state index in [1.54, 1.807) is 0 Å². The highest BCUT2D eigenvalue weighted by molar-refractivity contribution is 5.81. The summed E-state index contributed by atoms with van der Waals surface area (Å²) in [6, 6.07) is 0.613. The number of rotatable bonds is 2. The lowest BCUT2D eigenvalue weighted by molar-refractivity contribution is -0.148. The maximum atomic E-state index is 12.2. The van der Waals surface area contributed by atoms with Gasteiger partial charge in [0.05, 0.1) is 19.1 Å². The van der Waals surface area contributed by atoms with Gasteiger partial charge in [-0.05, 0) is 25.7 Å². The predicted octanol–water partition coefficient (Wildman–Crippen LogP) is 0.838. The van der Waals surface area contributed by atoms with Gasteiger partial charge in [-0.2, -0.15) is 0 Å². The molecule has 1 aliphatic carbocycles. The van der Waals surface area contributed by atoms with Crippen LogP contribution in [0.2, 0.25) is 0 Å². The van der Waals surface area contributed by atoms with Crippen LogP contribution in [-0.4, -0.2) is 54.1 Å². The second-order valence-corrected chi connectivity index (χ2v) is 5.20. The van der Waals surface area contributed by atoms with E-state index >= 15 is 0 Å². The third kappa shape index (κ3) is 1.68. The van der Waals surface area contributed by atoms with Crippen LogP contribution >= 0.6 is 0 Å². The van der Waals surface area contributed by atoms with Crippen LogP contribution in [0, 0.1) is 5.92 Å². The van der Waals surface area contributed by atoms with Gasteiger partial charge < -0.3 is 14.5 Å². The van der Waals surface area contributed by atoms with Crippen molar-refractivity contribution in [1.29, 1.82) is 0 Å². The number of fused-ring (bicyclic) bond motifs is 1. The SMILES string of the molecule is COC(=O)[C@@H]1CCCN2C(=O)N(C3CC3)C[C@@H]12. The fraction of sp³-hybridized carbons (Fsp3) is 0.833. The Morgan fingerprint density at radius 2 is 2.06 bits per heavy atom. The molecule has 2 aliphatic heterocycles. The van der Waals surface area contributed by atoms with E-state index in [4.69, 9.17) is 4.74 Å². The van der Waals surface area contributed by atoms with E-state index in [9.17, 15) is 9.59 Å². The van der Waals surface area contributed by atoms with Crippen molar-refractivity contribution in [2.75, 3.05) is 20.2 Å². The molecule has 2 saturated heterocycles. The van der Waals surface area contributed by atoms with Gasteiger partial charge in [-0.1, -0.05) is 0 Å². The van der Waals surface area contributed by atoms with Gasteiger partial charge >= 0.3 is 12.0 Å². The molecule has 0 bridgehead atoms. The van der Waals surface area contributed by atoms with Crippen molar-refractivity contribution >= 4 is 12.0 Å². The maximum Gasteiger partial charge on any atom is 0.320 e. The molecule has 0 aromatic heterocycles. The molecule has 5 nitrogen and oxygen atoms in total. The summed E-state index contributed by atoms with van der Waals surface area (Å²) in [5, 5.41) is 0. The lowest BCUT2D eigenvalue weighted by Gasteiger charge is -2.33. The zero-order valence-corrected chi connectivity index (χ0v) is 10.1. The van der Waals surface area contributed by atoms with Crippen LogP contribution in [0.5, 0.6) is 0 Å². The second kappa shape index (κ2) is 3.89. The number of hydrogen-bond donors (Lipinski definition) is 0. The molecule has 2 amide bonds. The van der Waals surface area contributed by atoms with E-state index in [0.29, 0.717) is 12.6 Å². The van der Waals surface area contributed by atoms with Crippen LogP contribution in [-0.2, 0) is 9.53 Å². The lowest BCUT2D eigenvalue weighted by atomic mass is 9.90. The molecule has 3 fully saturated rings. The quantitative estimate of drug-likeness (QED) is 0.670. The zero-order chi connectivity index (χ0) is 12.0. The Kier molecular flexibility index (Phi) is 2.49. The van der Waals surface area contributed by atoms with Gasteiger partial charge in [-0.25, -0.2) is 4.79 Å². The number of esters is 1. The van der Waals surface area contributed by atoms with Crippen molar-refractivity contribution in [3.8, 4) is 0 Å². The van der Waals surface area contributed by atoms with Crippen molar-refractivity contribution in [2.45, 2.75) is 37.8 Å². The van der Waals surface area contributed by atoms with Crippen LogP contribution < -0.4 is 0 Å². The summed E-state index contributed by atoms with van der Waals surface area (Å²) in [6.45, 7) is 1.50. The van der Waals surface area contributed by atoms with Crippen LogP contribution in [0.4, 0.5) is 4.79 Å². The number of amides is 2. The van der Waals surface area contributed by atoms with E-state index in [1.165, 1.54) is 7.11 Å². The normalized spacial score (nSPS) is 32.6. The minimum Gasteiger partial charge on any atom is -0.469 e. The van der Waals surface area contributed by atoms with Crippen molar-refractivity contribution < 1.29 is 14.3 Å². The number of urea groups is 1. The average molecular weight is 238 g/mol. The Morgan fingerprint density at radius 1 is 1.29 bits per heavy atom. The first-order chi connectivity index (χ1) is 8.22. The van der Waals surface area contributed by atoms with Crippen molar-refractivity contribution in [3.05, 3.63) is 0 Å². The predicted molar refractivity (Wildman–Crippen MR) is 60.4 cm³/mol. The van der Waals surface area contributed by atoms with Gasteiger partial charge in [0.1, 0.15) is 0 Å². The highest BCUT2D eigenvalue weighted by atomic mass is 16.5. The zero-order valence-electron chi connectivity index (χ0n) is 10.1. The summed E-state index contributed by atoms with van der Waals surface area (Å²) in [6.07, 6.45) is 3.99. The first-order valence-electron chi connectivity index (χ1n) is 6.37. The van der Waals surface area contributed by atoms with Crippen LogP contribution in [0.25, 0.3) is 0 Å². The van der Waals surface area contributed by atoms with E-state index in [2.05, 4.69) is 0 Å². The summed E-state index contributed by atoms with van der Waals surface area (Å²) in [5.74, 6) is -0.286. The van der Waals surface area contributed by atoms with E-state index in [-0.39, 0.29) is 24.0 Å². The molecule has 0 unspecified atom stereocenters. The highest BCUT2D eigenvalue weighted by Gasteiger charge is 2.49. The highest BCUT2D eigenvalue weighted by Crippen LogP contribution is 2.37. The number of nitrogens with zero attached hydrogens (tertiary/aromatic N) is 2. The summed E-state index contributed by atoms with van der Waals surface area (Å²) in [4.78, 5) is 27.7. The Labute approximate surface area is 101 Å². The number of piperidine rings is 1. The van der Waals surface area contributed by atoms with E-state index in [1.807, 2.05) is 9.80 Å². The Morgan fingerprint density at radius 3 is 2.71 bits per heavy atom. The van der Waals surface area contributed by atoms with Gasteiger partial charge in [-0.15, -0.1) is 0 Å². The molecule has 0 aromatic carbocycles. The van der Waals surface area contributed by atoms with Crippen LogP contribution in [0.15, 0.2) is 0 Å². The maximum absolute atomic E-state index is 12.2. The molecule has 0 aromatic rings. The van der Waals surface area contributed by atoms with Crippen molar-refractivity contribution in [1.82, 2.24) is 9.80 Å². The van der Waals surface area contributed by atoms with Crippen molar-refractivity contribution in [3.63, 3.8) is 0 Å². The molecule has 3 aliphatic rings. The number of carbonyl (C=O) groups is 2. The van der Waals surface area contributed by atoms with Gasteiger partial charge in [0.25, 0.3) is 0 Å². The number of hydrogen-bond acceptors (Lipinski definition) is 3. The van der Waals surface area contributed by atoms with Crippen LogP contribution in [0.1, 0.15) is 25.7 Å². The van der Waals surface area contributed by atoms with Crippen LogP contribution in [0.3, 0.4) is 0 Å². The first kappa shape index (κ1) is 10.9. The average Bonchev–Trinajstić information content (AvgIpc) is 3.14. The van der Waals surface area contributed by atoms with Crippen molar-refractivity contribution in [2.24, 2.45) is 5.92 Å². The van der Waals surface area contributed by atoms with E-state index in [0.717, 1.165) is 32.2 Å². The minimum atomic E-state index is -0.162. The molecule has 2 heterocycles. The van der Waals surface area contributed by atoms with Gasteiger partial charge in [-0.3, -0.25) is 4.79 Å². The van der Waals surface area contributed by atoms with Gasteiger partial charge in [0.2, 0.25) is 0 Å². The third-order valence-corrected chi connectivity index (χ3v) is 4.15. The molecule has 94 valence electrons. The first-order valence-corrected chi connectivity index (χ1v) is 6.37. The summed E-state index contributed by atoms with van der Waals surface area (Å²) in [5.41, 5.74) is 0. The molecular weight excluding hydrogens is 220 g/mol. The molecule has 2 atom stereocenters. The molecule has 0 spiro atoms. The van der Waals surface area contributed by atoms with Gasteiger partial charge in [0, 0.05) is 19.1 Å². The standard InChI is InChI=1S/C12H18N2O3/c1-17-11(15)9-3-2-6-13-10(9)7-14(12(13)16)8-4-5-8/h8-10H,2-7H2,1H3/t9-,10+/m1/s1. The lowest BCUT2D eigenvalue weighted by Crippen LogP contribution is -2.46. The molecule has 0 radical (unpaired) electrons. The molecule has 1 saturated carbocycles. The number of ether oxygens (including phenoxy) is 1. The third-order valence-electron chi connectivity index (χ3n) is 4.15. The Hall–Kier alpha value is -1.26. The topological polar surface area (TPSA) is 49.9 Å². The fourth-order valence-electron chi connectivity index (χ4n) is 3.08. The Bertz CT molecular complexity index is 354.